The monoisotopic (exact) mass is 319 g/mol. The van der Waals surface area contributed by atoms with Crippen molar-refractivity contribution in [1.82, 2.24) is 0 Å². The Morgan fingerprint density at radius 2 is 1.25 bits per heavy atom. The second kappa shape index (κ2) is 6.31. The first kappa shape index (κ1) is 17.1. The Morgan fingerprint density at radius 1 is 0.792 bits per heavy atom. The Labute approximate surface area is 148 Å². The van der Waals surface area contributed by atoms with Gasteiger partial charge in [0.2, 0.25) is 0 Å². The van der Waals surface area contributed by atoms with Crippen LogP contribution in [0.1, 0.15) is 50.7 Å². The summed E-state index contributed by atoms with van der Waals surface area (Å²) in [5.74, 6) is 0. The zero-order valence-corrected chi connectivity index (χ0v) is 15.9. The molecule has 24 heavy (non-hydrogen) atoms. The summed E-state index contributed by atoms with van der Waals surface area (Å²) in [5, 5.41) is 0.344. The SMILES string of the molecule is BC1(c2ccc(N(C)c3ccc(C)cc3)cc2)CCC(C)(C)CC1. The average molecular weight is 319 g/mol. The van der Waals surface area contributed by atoms with E-state index in [0.29, 0.717) is 10.7 Å². The van der Waals surface area contributed by atoms with Crippen molar-refractivity contribution < 1.29 is 0 Å². The van der Waals surface area contributed by atoms with Crippen molar-refractivity contribution in [3.63, 3.8) is 0 Å². The fourth-order valence-electron chi connectivity index (χ4n) is 3.77. The first-order valence-electron chi connectivity index (χ1n) is 9.20. The number of aryl methyl sites for hydroxylation is 1. The Hall–Kier alpha value is -1.70. The topological polar surface area (TPSA) is 3.24 Å². The van der Waals surface area contributed by atoms with Crippen molar-refractivity contribution in [1.29, 1.82) is 0 Å². The molecule has 0 radical (unpaired) electrons. The van der Waals surface area contributed by atoms with Crippen molar-refractivity contribution >= 4 is 19.2 Å². The maximum absolute atomic E-state index is 2.45. The zero-order chi connectivity index (χ0) is 17.4. The van der Waals surface area contributed by atoms with Crippen molar-refractivity contribution in [2.75, 3.05) is 11.9 Å². The summed E-state index contributed by atoms with van der Waals surface area (Å²) in [6.45, 7) is 6.95. The molecule has 0 amide bonds. The standard InChI is InChI=1S/C22H30BN/c1-17-5-9-19(10-6-17)24(4)20-11-7-18(8-12-20)22(23)15-13-21(2,3)14-16-22/h5-12H,13-16,23H2,1-4H3. The van der Waals surface area contributed by atoms with Gasteiger partial charge in [-0.3, -0.25) is 0 Å². The molecule has 0 saturated heterocycles. The number of nitrogens with zero attached hydrogens (tertiary/aromatic N) is 1. The summed E-state index contributed by atoms with van der Waals surface area (Å²) in [4.78, 5) is 2.26. The van der Waals surface area contributed by atoms with Gasteiger partial charge in [0.05, 0.1) is 0 Å². The predicted octanol–water partition coefficient (Wildman–Crippen LogP) is 5.19. The van der Waals surface area contributed by atoms with Crippen molar-refractivity contribution in [3.8, 4) is 0 Å². The molecule has 2 aromatic rings. The molecule has 0 aromatic heterocycles. The molecule has 1 aliphatic carbocycles. The lowest BCUT2D eigenvalue weighted by Gasteiger charge is -2.42. The second-order valence-corrected chi connectivity index (χ2v) is 8.67. The largest absolute Gasteiger partial charge is 0.345 e. The average Bonchev–Trinajstić information content (AvgIpc) is 2.58. The lowest BCUT2D eigenvalue weighted by Crippen LogP contribution is -2.35. The summed E-state index contributed by atoms with van der Waals surface area (Å²) in [6, 6.07) is 18.0. The van der Waals surface area contributed by atoms with Crippen LogP contribution in [0, 0.1) is 12.3 Å². The van der Waals surface area contributed by atoms with Crippen molar-refractivity contribution in [2.45, 2.75) is 51.8 Å². The third-order valence-corrected chi connectivity index (χ3v) is 6.08. The molecule has 1 nitrogen and oxygen atoms in total. The van der Waals surface area contributed by atoms with Gasteiger partial charge in [0, 0.05) is 18.4 Å². The fourth-order valence-corrected chi connectivity index (χ4v) is 3.77. The molecule has 2 aromatic carbocycles. The van der Waals surface area contributed by atoms with Crippen LogP contribution in [-0.2, 0) is 5.31 Å². The van der Waals surface area contributed by atoms with Crippen LogP contribution < -0.4 is 4.90 Å². The van der Waals surface area contributed by atoms with Crippen LogP contribution in [0.5, 0.6) is 0 Å². The van der Waals surface area contributed by atoms with E-state index in [1.165, 1.54) is 48.2 Å². The lowest BCUT2D eigenvalue weighted by molar-refractivity contribution is 0.206. The summed E-state index contributed by atoms with van der Waals surface area (Å²) in [7, 11) is 4.59. The molecular weight excluding hydrogens is 289 g/mol. The molecule has 1 aliphatic rings. The van der Waals surface area contributed by atoms with E-state index in [9.17, 15) is 0 Å². The molecule has 0 heterocycles. The minimum absolute atomic E-state index is 0.344. The van der Waals surface area contributed by atoms with Gasteiger partial charge in [-0.05, 0) is 60.3 Å². The maximum atomic E-state index is 2.45. The van der Waals surface area contributed by atoms with E-state index < -0.39 is 0 Å². The molecular formula is C22H30BN. The van der Waals surface area contributed by atoms with Gasteiger partial charge in [-0.1, -0.05) is 56.5 Å². The Kier molecular flexibility index (Phi) is 4.51. The number of hydrogen-bond acceptors (Lipinski definition) is 1. The van der Waals surface area contributed by atoms with Gasteiger partial charge >= 0.3 is 0 Å². The highest BCUT2D eigenvalue weighted by Gasteiger charge is 2.35. The molecule has 0 spiro atoms. The first-order chi connectivity index (χ1) is 11.3. The van der Waals surface area contributed by atoms with Gasteiger partial charge in [-0.25, -0.2) is 0 Å². The summed E-state index contributed by atoms with van der Waals surface area (Å²) in [6.07, 6.45) is 5.25. The fraction of sp³-hybridized carbons (Fsp3) is 0.455. The Morgan fingerprint density at radius 3 is 1.75 bits per heavy atom. The molecule has 0 bridgehead atoms. The number of anilines is 2. The summed E-state index contributed by atoms with van der Waals surface area (Å²) in [5.41, 5.74) is 5.81. The smallest absolute Gasteiger partial charge is 0.115 e. The molecule has 0 N–H and O–H groups in total. The van der Waals surface area contributed by atoms with Crippen LogP contribution in [0.2, 0.25) is 0 Å². The second-order valence-electron chi connectivity index (χ2n) is 8.67. The van der Waals surface area contributed by atoms with E-state index in [1.807, 2.05) is 0 Å². The van der Waals surface area contributed by atoms with Crippen LogP contribution in [0.25, 0.3) is 0 Å². The molecule has 0 aliphatic heterocycles. The van der Waals surface area contributed by atoms with E-state index in [2.05, 4.69) is 89.1 Å². The molecule has 1 fully saturated rings. The Bertz CT molecular complexity index is 675. The normalized spacial score (nSPS) is 19.0. The first-order valence-corrected chi connectivity index (χ1v) is 9.20. The van der Waals surface area contributed by atoms with E-state index in [-0.39, 0.29) is 0 Å². The van der Waals surface area contributed by atoms with Gasteiger partial charge in [0.25, 0.3) is 0 Å². The highest BCUT2D eigenvalue weighted by molar-refractivity contribution is 6.16. The highest BCUT2D eigenvalue weighted by atomic mass is 15.1. The zero-order valence-electron chi connectivity index (χ0n) is 15.9. The number of benzene rings is 2. The molecule has 126 valence electrons. The quantitative estimate of drug-likeness (QED) is 0.704. The van der Waals surface area contributed by atoms with Crippen LogP contribution >= 0.6 is 0 Å². The summed E-state index contributed by atoms with van der Waals surface area (Å²) < 4.78 is 0. The van der Waals surface area contributed by atoms with E-state index in [4.69, 9.17) is 0 Å². The third kappa shape index (κ3) is 3.53. The lowest BCUT2D eigenvalue weighted by atomic mass is 9.53. The van der Waals surface area contributed by atoms with Crippen LogP contribution in [-0.4, -0.2) is 14.9 Å². The van der Waals surface area contributed by atoms with E-state index in [1.54, 1.807) is 0 Å². The molecule has 1 saturated carbocycles. The maximum Gasteiger partial charge on any atom is 0.115 e. The molecule has 3 rings (SSSR count). The predicted molar refractivity (Wildman–Crippen MR) is 108 cm³/mol. The van der Waals surface area contributed by atoms with E-state index in [0.717, 1.165) is 0 Å². The highest BCUT2D eigenvalue weighted by Crippen LogP contribution is 2.45. The summed E-state index contributed by atoms with van der Waals surface area (Å²) >= 11 is 0. The molecule has 2 heteroatoms. The number of hydrogen-bond donors (Lipinski definition) is 0. The van der Waals surface area contributed by atoms with Crippen LogP contribution in [0.15, 0.2) is 48.5 Å². The van der Waals surface area contributed by atoms with Crippen LogP contribution in [0.3, 0.4) is 0 Å². The van der Waals surface area contributed by atoms with Crippen molar-refractivity contribution in [2.24, 2.45) is 5.41 Å². The van der Waals surface area contributed by atoms with Gasteiger partial charge < -0.3 is 4.90 Å². The minimum Gasteiger partial charge on any atom is -0.345 e. The van der Waals surface area contributed by atoms with Crippen molar-refractivity contribution in [3.05, 3.63) is 59.7 Å². The number of rotatable bonds is 3. The van der Waals surface area contributed by atoms with Gasteiger partial charge in [-0.2, -0.15) is 0 Å². The molecule has 0 unspecified atom stereocenters. The molecule has 0 atom stereocenters. The van der Waals surface area contributed by atoms with Crippen LogP contribution in [0.4, 0.5) is 11.4 Å². The van der Waals surface area contributed by atoms with Gasteiger partial charge in [0.1, 0.15) is 7.85 Å². The van der Waals surface area contributed by atoms with E-state index >= 15 is 0 Å². The third-order valence-electron chi connectivity index (χ3n) is 6.08. The van der Waals surface area contributed by atoms with Gasteiger partial charge in [0.15, 0.2) is 0 Å². The Balaban J connectivity index is 1.77. The van der Waals surface area contributed by atoms with Gasteiger partial charge in [-0.15, -0.1) is 0 Å². The minimum atomic E-state index is 0.344.